The van der Waals surface area contributed by atoms with Crippen molar-refractivity contribution in [3.8, 4) is 11.5 Å². The molecule has 0 aromatic heterocycles. The molecule has 2 aromatic carbocycles. The minimum absolute atomic E-state index is 0.124. The average molecular weight is 436 g/mol. The van der Waals surface area contributed by atoms with Crippen molar-refractivity contribution in [1.82, 2.24) is 0 Å². The maximum Gasteiger partial charge on any atom is 0.419 e. The van der Waals surface area contributed by atoms with Gasteiger partial charge >= 0.3 is 12.1 Å². The van der Waals surface area contributed by atoms with Crippen LogP contribution in [0.3, 0.4) is 0 Å². The van der Waals surface area contributed by atoms with Gasteiger partial charge in [-0.1, -0.05) is 6.08 Å². The van der Waals surface area contributed by atoms with Crippen LogP contribution in [0, 0.1) is 13.8 Å². The van der Waals surface area contributed by atoms with Crippen LogP contribution in [0.15, 0.2) is 36.4 Å². The number of benzene rings is 2. The maximum absolute atomic E-state index is 13.2. The van der Waals surface area contributed by atoms with E-state index in [4.69, 9.17) is 9.47 Å². The van der Waals surface area contributed by atoms with Crippen LogP contribution >= 0.6 is 0 Å². The third kappa shape index (κ3) is 5.65. The third-order valence-electron chi connectivity index (χ3n) is 4.57. The quantitative estimate of drug-likeness (QED) is 0.460. The number of alkyl halides is 3. The molecule has 0 fully saturated rings. The summed E-state index contributed by atoms with van der Waals surface area (Å²) in [5.41, 5.74) is -0.638. The molecule has 5 nitrogen and oxygen atoms in total. The molecule has 0 amide bonds. The molecule has 2 aromatic rings. The summed E-state index contributed by atoms with van der Waals surface area (Å²) in [7, 11) is 1.13. The molecule has 0 unspecified atom stereocenters. The Morgan fingerprint density at radius 2 is 1.61 bits per heavy atom. The highest BCUT2D eigenvalue weighted by atomic mass is 19.4. The van der Waals surface area contributed by atoms with Crippen LogP contribution in [0.4, 0.5) is 13.2 Å². The molecule has 0 aliphatic heterocycles. The normalized spacial score (nSPS) is 12.1. The molecule has 0 spiro atoms. The first-order valence-electron chi connectivity index (χ1n) is 9.27. The number of halogens is 3. The van der Waals surface area contributed by atoms with E-state index in [1.807, 2.05) is 0 Å². The molecule has 0 bridgehead atoms. The second-order valence-corrected chi connectivity index (χ2v) is 7.51. The van der Waals surface area contributed by atoms with Crippen LogP contribution in [-0.4, -0.2) is 29.6 Å². The van der Waals surface area contributed by atoms with Gasteiger partial charge < -0.3 is 14.6 Å². The number of carbonyl (C=O) groups excluding carboxylic acids is 1. The number of rotatable bonds is 7. The van der Waals surface area contributed by atoms with Crippen molar-refractivity contribution in [2.24, 2.45) is 0 Å². The molecular formula is C23H23F3O5. The van der Waals surface area contributed by atoms with E-state index in [-0.39, 0.29) is 11.3 Å². The smallest absolute Gasteiger partial charge is 0.419 e. The summed E-state index contributed by atoms with van der Waals surface area (Å²) in [6, 6.07) is 6.52. The summed E-state index contributed by atoms with van der Waals surface area (Å²) in [4.78, 5) is 23.7. The number of ether oxygens (including phenoxy) is 2. The van der Waals surface area contributed by atoms with E-state index < -0.39 is 29.1 Å². The predicted molar refractivity (Wildman–Crippen MR) is 110 cm³/mol. The van der Waals surface area contributed by atoms with Crippen LogP contribution < -0.4 is 9.47 Å². The highest BCUT2D eigenvalue weighted by Gasteiger charge is 2.35. The number of allylic oxidation sites excluding steroid dienone is 1. The minimum Gasteiger partial charge on any atom is -0.496 e. The molecule has 0 radical (unpaired) electrons. The van der Waals surface area contributed by atoms with Crippen molar-refractivity contribution in [3.05, 3.63) is 64.2 Å². The highest BCUT2D eigenvalue weighted by molar-refractivity contribution is 6.07. The van der Waals surface area contributed by atoms with Crippen molar-refractivity contribution in [2.75, 3.05) is 7.11 Å². The predicted octanol–water partition coefficient (Wildman–Crippen LogP) is 5.47. The van der Waals surface area contributed by atoms with E-state index in [1.54, 1.807) is 26.0 Å². The Morgan fingerprint density at radius 3 is 2.10 bits per heavy atom. The van der Waals surface area contributed by atoms with E-state index in [2.05, 4.69) is 0 Å². The molecule has 1 N–H and O–H groups in total. The van der Waals surface area contributed by atoms with E-state index in [9.17, 15) is 27.9 Å². The molecule has 0 aliphatic rings. The van der Waals surface area contributed by atoms with Crippen molar-refractivity contribution >= 4 is 17.8 Å². The Bertz CT molecular complexity index is 1010. The zero-order valence-electron chi connectivity index (χ0n) is 17.8. The van der Waals surface area contributed by atoms with Crippen LogP contribution in [0.25, 0.3) is 6.08 Å². The van der Waals surface area contributed by atoms with Gasteiger partial charge in [-0.15, -0.1) is 0 Å². The lowest BCUT2D eigenvalue weighted by Gasteiger charge is -2.24. The molecule has 0 saturated carbocycles. The number of aliphatic carboxylic acids is 1. The van der Waals surface area contributed by atoms with Gasteiger partial charge in [-0.05, 0) is 80.8 Å². The first-order chi connectivity index (χ1) is 14.3. The van der Waals surface area contributed by atoms with Gasteiger partial charge in [-0.2, -0.15) is 13.2 Å². The third-order valence-corrected chi connectivity index (χ3v) is 4.57. The lowest BCUT2D eigenvalue weighted by molar-refractivity contribution is -0.152. The standard InChI is InChI=1S/C23H23F3O5/c1-13-10-15(11-14(2)20(13)31-22(3,4)21(28)29)6-8-18(27)16-7-9-19(30-5)17(12-16)23(24,25)26/h6-12H,1-5H3,(H,28,29). The Morgan fingerprint density at radius 1 is 1.03 bits per heavy atom. The van der Waals surface area contributed by atoms with E-state index in [0.717, 1.165) is 19.2 Å². The molecular weight excluding hydrogens is 413 g/mol. The molecule has 0 heterocycles. The fraction of sp³-hybridized carbons (Fsp3) is 0.304. The Kier molecular flexibility index (Phi) is 6.83. The van der Waals surface area contributed by atoms with Crippen LogP contribution in [0.1, 0.15) is 46.5 Å². The number of aryl methyl sites for hydroxylation is 2. The summed E-state index contributed by atoms with van der Waals surface area (Å²) in [5, 5.41) is 9.24. The van der Waals surface area contributed by atoms with Gasteiger partial charge in [0.05, 0.1) is 12.7 Å². The number of ketones is 1. The largest absolute Gasteiger partial charge is 0.496 e. The summed E-state index contributed by atoms with van der Waals surface area (Å²) < 4.78 is 49.9. The molecule has 2 rings (SSSR count). The summed E-state index contributed by atoms with van der Waals surface area (Å²) in [5.74, 6) is -1.66. The Balaban J connectivity index is 2.30. The average Bonchev–Trinajstić information content (AvgIpc) is 2.67. The van der Waals surface area contributed by atoms with Crippen molar-refractivity contribution in [1.29, 1.82) is 0 Å². The number of methoxy groups -OCH3 is 1. The molecule has 0 aliphatic carbocycles. The zero-order chi connectivity index (χ0) is 23.6. The minimum atomic E-state index is -4.65. The van der Waals surface area contributed by atoms with Gasteiger partial charge in [0.15, 0.2) is 11.4 Å². The van der Waals surface area contributed by atoms with Gasteiger partial charge in [-0.3, -0.25) is 4.79 Å². The number of carboxylic acids is 1. The van der Waals surface area contributed by atoms with E-state index >= 15 is 0 Å². The number of carbonyl (C=O) groups is 2. The molecule has 8 heteroatoms. The zero-order valence-corrected chi connectivity index (χ0v) is 17.8. The van der Waals surface area contributed by atoms with Gasteiger partial charge in [0.1, 0.15) is 11.5 Å². The van der Waals surface area contributed by atoms with Crippen LogP contribution in [-0.2, 0) is 11.0 Å². The number of hydrogen-bond donors (Lipinski definition) is 1. The van der Waals surface area contributed by atoms with Crippen molar-refractivity contribution < 1.29 is 37.3 Å². The van der Waals surface area contributed by atoms with E-state index in [1.165, 1.54) is 32.1 Å². The van der Waals surface area contributed by atoms with Gasteiger partial charge in [0.2, 0.25) is 0 Å². The topological polar surface area (TPSA) is 72.8 Å². The summed E-state index contributed by atoms with van der Waals surface area (Å²) in [6.45, 7) is 6.34. The molecule has 166 valence electrons. The first-order valence-corrected chi connectivity index (χ1v) is 9.27. The summed E-state index contributed by atoms with van der Waals surface area (Å²) >= 11 is 0. The van der Waals surface area contributed by atoms with Crippen molar-refractivity contribution in [3.63, 3.8) is 0 Å². The van der Waals surface area contributed by atoms with Gasteiger partial charge in [0, 0.05) is 5.56 Å². The maximum atomic E-state index is 13.2. The number of hydrogen-bond acceptors (Lipinski definition) is 4. The van der Waals surface area contributed by atoms with Crippen molar-refractivity contribution in [2.45, 2.75) is 39.5 Å². The molecule has 31 heavy (non-hydrogen) atoms. The second kappa shape index (κ2) is 8.83. The summed E-state index contributed by atoms with van der Waals surface area (Å²) in [6.07, 6.45) is -2.00. The Labute approximate surface area is 178 Å². The van der Waals surface area contributed by atoms with Crippen LogP contribution in [0.5, 0.6) is 11.5 Å². The lowest BCUT2D eigenvalue weighted by atomic mass is 10.0. The second-order valence-electron chi connectivity index (χ2n) is 7.51. The van der Waals surface area contributed by atoms with Gasteiger partial charge in [0.25, 0.3) is 0 Å². The number of carboxylic acid groups (broad SMARTS) is 1. The monoisotopic (exact) mass is 436 g/mol. The fourth-order valence-electron chi connectivity index (χ4n) is 2.89. The fourth-order valence-corrected chi connectivity index (χ4v) is 2.89. The highest BCUT2D eigenvalue weighted by Crippen LogP contribution is 2.37. The van der Waals surface area contributed by atoms with Gasteiger partial charge in [-0.25, -0.2) is 4.79 Å². The van der Waals surface area contributed by atoms with E-state index in [0.29, 0.717) is 22.4 Å². The lowest BCUT2D eigenvalue weighted by Crippen LogP contribution is -2.38. The first kappa shape index (κ1) is 24.0. The SMILES string of the molecule is COc1ccc(C(=O)C=Cc2cc(C)c(OC(C)(C)C(=O)O)c(C)c2)cc1C(F)(F)F. The molecule has 0 saturated heterocycles. The van der Waals surface area contributed by atoms with Crippen LogP contribution in [0.2, 0.25) is 0 Å². The molecule has 0 atom stereocenters. The Hall–Kier alpha value is -3.29.